The van der Waals surface area contributed by atoms with Crippen molar-refractivity contribution in [2.24, 2.45) is 5.10 Å². The molecule has 2 aromatic heterocycles. The van der Waals surface area contributed by atoms with Crippen molar-refractivity contribution >= 4 is 44.5 Å². The molecule has 0 bridgehead atoms. The number of anilines is 1. The van der Waals surface area contributed by atoms with E-state index in [1.807, 2.05) is 48.7 Å². The zero-order chi connectivity index (χ0) is 18.1. The number of aryl methyl sites for hydroxylation is 1. The SMILES string of the molecule is Cc1cc(/C=N/Nc2nc3ccccc3s2)c(C)n1-c1ccccc1Cl. The van der Waals surface area contributed by atoms with E-state index in [1.54, 1.807) is 11.3 Å². The third-order valence-corrected chi connectivity index (χ3v) is 5.48. The van der Waals surface area contributed by atoms with E-state index in [1.165, 1.54) is 0 Å². The van der Waals surface area contributed by atoms with Crippen molar-refractivity contribution in [2.45, 2.75) is 13.8 Å². The standard InChI is InChI=1S/C20H17ClN4S/c1-13-11-15(14(2)25(13)18-9-5-3-7-16(18)21)12-22-24-20-23-17-8-4-6-10-19(17)26-20/h3-12H,1-2H3,(H,23,24)/b22-12+. The molecule has 0 fully saturated rings. The van der Waals surface area contributed by atoms with Gasteiger partial charge in [-0.25, -0.2) is 4.98 Å². The van der Waals surface area contributed by atoms with Crippen molar-refractivity contribution in [2.75, 3.05) is 5.43 Å². The second-order valence-corrected chi connectivity index (χ2v) is 7.41. The molecule has 26 heavy (non-hydrogen) atoms. The normalized spacial score (nSPS) is 11.5. The summed E-state index contributed by atoms with van der Waals surface area (Å²) in [6, 6.07) is 18.0. The van der Waals surface area contributed by atoms with E-state index >= 15 is 0 Å². The number of benzene rings is 2. The van der Waals surface area contributed by atoms with Gasteiger partial charge in [0, 0.05) is 17.0 Å². The Morgan fingerprint density at radius 1 is 1.12 bits per heavy atom. The Labute approximate surface area is 160 Å². The summed E-state index contributed by atoms with van der Waals surface area (Å²) in [5.41, 5.74) is 8.22. The molecule has 0 radical (unpaired) electrons. The fourth-order valence-electron chi connectivity index (χ4n) is 3.00. The summed E-state index contributed by atoms with van der Waals surface area (Å²) in [5.74, 6) is 0. The van der Waals surface area contributed by atoms with Crippen molar-refractivity contribution in [3.8, 4) is 5.69 Å². The Morgan fingerprint density at radius 2 is 1.88 bits per heavy atom. The topological polar surface area (TPSA) is 42.2 Å². The first-order chi connectivity index (χ1) is 12.6. The number of nitrogens with zero attached hydrogens (tertiary/aromatic N) is 3. The maximum atomic E-state index is 6.36. The van der Waals surface area contributed by atoms with Crippen LogP contribution in [0.4, 0.5) is 5.13 Å². The van der Waals surface area contributed by atoms with E-state index in [2.05, 4.69) is 46.1 Å². The van der Waals surface area contributed by atoms with Crippen molar-refractivity contribution in [3.63, 3.8) is 0 Å². The van der Waals surface area contributed by atoms with Crippen LogP contribution < -0.4 is 5.43 Å². The highest BCUT2D eigenvalue weighted by Crippen LogP contribution is 2.27. The fraction of sp³-hybridized carbons (Fsp3) is 0.100. The molecule has 4 nitrogen and oxygen atoms in total. The van der Waals surface area contributed by atoms with Gasteiger partial charge >= 0.3 is 0 Å². The highest BCUT2D eigenvalue weighted by molar-refractivity contribution is 7.22. The molecule has 0 aliphatic rings. The molecule has 2 heterocycles. The molecule has 0 saturated carbocycles. The third-order valence-electron chi connectivity index (χ3n) is 4.22. The fourth-order valence-corrected chi connectivity index (χ4v) is 4.03. The number of para-hydroxylation sites is 2. The van der Waals surface area contributed by atoms with E-state index in [9.17, 15) is 0 Å². The summed E-state index contributed by atoms with van der Waals surface area (Å²) in [6.45, 7) is 4.13. The lowest BCUT2D eigenvalue weighted by Gasteiger charge is -2.11. The maximum Gasteiger partial charge on any atom is 0.204 e. The highest BCUT2D eigenvalue weighted by atomic mass is 35.5. The van der Waals surface area contributed by atoms with Crippen molar-refractivity contribution in [1.29, 1.82) is 0 Å². The van der Waals surface area contributed by atoms with Gasteiger partial charge < -0.3 is 4.57 Å². The lowest BCUT2D eigenvalue weighted by atomic mass is 10.2. The van der Waals surface area contributed by atoms with Crippen LogP contribution in [0.3, 0.4) is 0 Å². The Morgan fingerprint density at radius 3 is 2.69 bits per heavy atom. The van der Waals surface area contributed by atoms with Crippen LogP contribution in [0.1, 0.15) is 17.0 Å². The van der Waals surface area contributed by atoms with Gasteiger partial charge in [0.05, 0.1) is 27.1 Å². The van der Waals surface area contributed by atoms with Crippen molar-refractivity contribution in [1.82, 2.24) is 9.55 Å². The molecule has 4 rings (SSSR count). The molecule has 6 heteroatoms. The maximum absolute atomic E-state index is 6.36. The zero-order valence-corrected chi connectivity index (χ0v) is 16.0. The number of hydrogen-bond donors (Lipinski definition) is 1. The van der Waals surface area contributed by atoms with Gasteiger partial charge in [0.25, 0.3) is 0 Å². The first kappa shape index (κ1) is 16.8. The van der Waals surface area contributed by atoms with Crippen LogP contribution >= 0.6 is 22.9 Å². The number of hydrazone groups is 1. The number of fused-ring (bicyclic) bond motifs is 1. The molecule has 1 N–H and O–H groups in total. The van der Waals surface area contributed by atoms with Gasteiger partial charge in [0.2, 0.25) is 5.13 Å². The minimum atomic E-state index is 0.727. The minimum Gasteiger partial charge on any atom is -0.316 e. The third kappa shape index (κ3) is 3.11. The second kappa shape index (κ2) is 6.94. The number of halogens is 1. The number of nitrogens with one attached hydrogen (secondary N) is 1. The summed E-state index contributed by atoms with van der Waals surface area (Å²) in [5, 5.41) is 5.87. The molecular formula is C20H17ClN4S. The molecule has 0 amide bonds. The van der Waals surface area contributed by atoms with Crippen molar-refractivity contribution < 1.29 is 0 Å². The van der Waals surface area contributed by atoms with Gasteiger partial charge in [0.15, 0.2) is 0 Å². The van der Waals surface area contributed by atoms with Gasteiger partial charge in [-0.2, -0.15) is 5.10 Å². The van der Waals surface area contributed by atoms with E-state index in [0.29, 0.717) is 0 Å². The first-order valence-electron chi connectivity index (χ1n) is 8.22. The Kier molecular flexibility index (Phi) is 4.49. The minimum absolute atomic E-state index is 0.727. The van der Waals surface area contributed by atoms with Crippen LogP contribution in [0, 0.1) is 13.8 Å². The summed E-state index contributed by atoms with van der Waals surface area (Å²) in [7, 11) is 0. The van der Waals surface area contributed by atoms with E-state index in [4.69, 9.17) is 11.6 Å². The van der Waals surface area contributed by atoms with E-state index in [0.717, 1.165) is 43.0 Å². The van der Waals surface area contributed by atoms with Gasteiger partial charge in [-0.3, -0.25) is 5.43 Å². The highest BCUT2D eigenvalue weighted by Gasteiger charge is 2.11. The molecule has 0 aliphatic carbocycles. The van der Waals surface area contributed by atoms with Crippen LogP contribution in [0.5, 0.6) is 0 Å². The lowest BCUT2D eigenvalue weighted by molar-refractivity contribution is 0.965. The zero-order valence-electron chi connectivity index (χ0n) is 14.4. The molecular weight excluding hydrogens is 364 g/mol. The summed E-state index contributed by atoms with van der Waals surface area (Å²) in [4.78, 5) is 4.52. The van der Waals surface area contributed by atoms with Crippen LogP contribution in [0.25, 0.3) is 15.9 Å². The van der Waals surface area contributed by atoms with Gasteiger partial charge in [-0.05, 0) is 44.2 Å². The van der Waals surface area contributed by atoms with E-state index in [-0.39, 0.29) is 0 Å². The molecule has 2 aromatic carbocycles. The van der Waals surface area contributed by atoms with Crippen LogP contribution in [0.15, 0.2) is 59.7 Å². The molecule has 0 aliphatic heterocycles. The monoisotopic (exact) mass is 380 g/mol. The van der Waals surface area contributed by atoms with Crippen molar-refractivity contribution in [3.05, 3.63) is 76.6 Å². The second-order valence-electron chi connectivity index (χ2n) is 5.97. The number of rotatable bonds is 4. The van der Waals surface area contributed by atoms with Crippen LogP contribution in [-0.4, -0.2) is 15.8 Å². The lowest BCUT2D eigenvalue weighted by Crippen LogP contribution is -2.00. The van der Waals surface area contributed by atoms with E-state index < -0.39 is 0 Å². The van der Waals surface area contributed by atoms with Gasteiger partial charge in [-0.1, -0.05) is 47.2 Å². The molecule has 4 aromatic rings. The first-order valence-corrected chi connectivity index (χ1v) is 9.41. The molecule has 0 atom stereocenters. The van der Waals surface area contributed by atoms with Gasteiger partial charge in [0.1, 0.15) is 0 Å². The Balaban J connectivity index is 1.60. The molecule has 0 spiro atoms. The average molecular weight is 381 g/mol. The predicted molar refractivity (Wildman–Crippen MR) is 111 cm³/mol. The predicted octanol–water partition coefficient (Wildman–Crippen LogP) is 5.80. The largest absolute Gasteiger partial charge is 0.316 e. The number of hydrogen-bond acceptors (Lipinski definition) is 4. The Hall–Kier alpha value is -2.63. The smallest absolute Gasteiger partial charge is 0.204 e. The summed E-state index contributed by atoms with van der Waals surface area (Å²) < 4.78 is 3.28. The summed E-state index contributed by atoms with van der Waals surface area (Å²) in [6.07, 6.45) is 1.82. The summed E-state index contributed by atoms with van der Waals surface area (Å²) >= 11 is 7.95. The van der Waals surface area contributed by atoms with Crippen LogP contribution in [0.2, 0.25) is 5.02 Å². The molecule has 0 unspecified atom stereocenters. The number of thiazole rings is 1. The average Bonchev–Trinajstić information content (AvgIpc) is 3.16. The number of aromatic nitrogens is 2. The molecule has 130 valence electrons. The Bertz CT molecular complexity index is 1080. The van der Waals surface area contributed by atoms with Crippen LogP contribution in [-0.2, 0) is 0 Å². The quantitative estimate of drug-likeness (QED) is 0.359. The van der Waals surface area contributed by atoms with Gasteiger partial charge in [-0.15, -0.1) is 0 Å². The molecule has 0 saturated heterocycles.